The average Bonchev–Trinajstić information content (AvgIpc) is 2.92. The molecule has 0 unspecified atom stereocenters. The molecule has 2 aromatic carbocycles. The first-order valence-electron chi connectivity index (χ1n) is 8.26. The second kappa shape index (κ2) is 7.72. The number of aliphatic hydroxyl groups excluding tert-OH is 1. The quantitative estimate of drug-likeness (QED) is 0.746. The van der Waals surface area contributed by atoms with Crippen molar-refractivity contribution in [1.82, 2.24) is 0 Å². The minimum Gasteiger partial charge on any atom is -0.507 e. The first-order valence-corrected chi connectivity index (χ1v) is 9.07. The van der Waals surface area contributed by atoms with E-state index in [1.54, 1.807) is 18.2 Å². The Labute approximate surface area is 161 Å². The number of esters is 1. The molecule has 0 saturated carbocycles. The summed E-state index contributed by atoms with van der Waals surface area (Å²) in [7, 11) is 1.26. The van der Waals surface area contributed by atoms with Crippen LogP contribution in [-0.4, -0.2) is 28.3 Å². The number of rotatable bonds is 3. The molecule has 0 atom stereocenters. The van der Waals surface area contributed by atoms with Gasteiger partial charge < -0.3 is 14.9 Å². The lowest BCUT2D eigenvalue weighted by Crippen LogP contribution is -2.10. The molecule has 2 aromatic rings. The third-order valence-corrected chi connectivity index (χ3v) is 5.00. The summed E-state index contributed by atoms with van der Waals surface area (Å²) in [4.78, 5) is 17.1. The SMILES string of the molecule is COC(=O)C1=C(O)C(=Cc2ccc(C)cc2O)SC1=Nc1cccc(C)c1. The number of carbonyl (C=O) groups excluding carboxylic acids is 1. The standard InChI is InChI=1S/C21H19NO4S/c1-12-5-4-6-15(9-12)22-20-18(21(25)26-3)19(24)17(27-20)11-14-8-7-13(2)10-16(14)23/h4-11,23-24H,1-3H3. The molecule has 2 N–H and O–H groups in total. The van der Waals surface area contributed by atoms with E-state index in [0.29, 0.717) is 21.2 Å². The first-order chi connectivity index (χ1) is 12.9. The molecule has 1 heterocycles. The van der Waals surface area contributed by atoms with Crippen molar-refractivity contribution < 1.29 is 19.7 Å². The molecule has 5 nitrogen and oxygen atoms in total. The van der Waals surface area contributed by atoms with Gasteiger partial charge in [0.2, 0.25) is 0 Å². The summed E-state index contributed by atoms with van der Waals surface area (Å²) in [5.74, 6) is -0.777. The van der Waals surface area contributed by atoms with Gasteiger partial charge in [-0.2, -0.15) is 0 Å². The van der Waals surface area contributed by atoms with E-state index >= 15 is 0 Å². The largest absolute Gasteiger partial charge is 0.507 e. The lowest BCUT2D eigenvalue weighted by Gasteiger charge is -2.03. The molecule has 0 bridgehead atoms. The van der Waals surface area contributed by atoms with Gasteiger partial charge in [-0.15, -0.1) is 0 Å². The van der Waals surface area contributed by atoms with E-state index in [-0.39, 0.29) is 17.1 Å². The number of nitrogens with zero attached hydrogens (tertiary/aromatic N) is 1. The fraction of sp³-hybridized carbons (Fsp3) is 0.143. The number of aryl methyl sites for hydroxylation is 2. The Morgan fingerprint density at radius 3 is 2.52 bits per heavy atom. The fourth-order valence-corrected chi connectivity index (χ4v) is 3.65. The van der Waals surface area contributed by atoms with Gasteiger partial charge >= 0.3 is 5.97 Å². The minimum absolute atomic E-state index is 0.0156. The molecule has 0 amide bonds. The maximum Gasteiger partial charge on any atom is 0.344 e. The number of thioether (sulfide) groups is 1. The van der Waals surface area contributed by atoms with Crippen LogP contribution in [0.15, 0.2) is 63.7 Å². The molecule has 1 aliphatic rings. The van der Waals surface area contributed by atoms with Crippen LogP contribution >= 0.6 is 11.8 Å². The van der Waals surface area contributed by atoms with Gasteiger partial charge in [-0.05, 0) is 49.2 Å². The Balaban J connectivity index is 2.07. The van der Waals surface area contributed by atoms with Crippen molar-refractivity contribution in [3.05, 3.63) is 75.4 Å². The van der Waals surface area contributed by atoms with Crippen LogP contribution in [0.3, 0.4) is 0 Å². The van der Waals surface area contributed by atoms with Crippen molar-refractivity contribution in [2.45, 2.75) is 13.8 Å². The van der Waals surface area contributed by atoms with Gasteiger partial charge in [0.25, 0.3) is 0 Å². The molecule has 1 aliphatic heterocycles. The number of aliphatic hydroxyl groups is 1. The van der Waals surface area contributed by atoms with Crippen molar-refractivity contribution in [3.63, 3.8) is 0 Å². The van der Waals surface area contributed by atoms with E-state index in [9.17, 15) is 15.0 Å². The van der Waals surface area contributed by atoms with Crippen molar-refractivity contribution in [2.24, 2.45) is 4.99 Å². The van der Waals surface area contributed by atoms with Gasteiger partial charge in [0.15, 0.2) is 0 Å². The molecule has 0 radical (unpaired) electrons. The number of aromatic hydroxyl groups is 1. The predicted molar refractivity (Wildman–Crippen MR) is 108 cm³/mol. The number of phenols is 1. The molecule has 0 aliphatic carbocycles. The van der Waals surface area contributed by atoms with Gasteiger partial charge in [0.05, 0.1) is 17.7 Å². The summed E-state index contributed by atoms with van der Waals surface area (Å²) < 4.78 is 4.81. The van der Waals surface area contributed by atoms with Gasteiger partial charge in [0.1, 0.15) is 22.1 Å². The predicted octanol–water partition coefficient (Wildman–Crippen LogP) is 4.81. The minimum atomic E-state index is -0.664. The molecule has 138 valence electrons. The summed E-state index contributed by atoms with van der Waals surface area (Å²) in [6, 6.07) is 12.8. The first kappa shape index (κ1) is 18.8. The highest BCUT2D eigenvalue weighted by Gasteiger charge is 2.33. The van der Waals surface area contributed by atoms with Crippen LogP contribution < -0.4 is 0 Å². The van der Waals surface area contributed by atoms with Crippen molar-refractivity contribution in [1.29, 1.82) is 0 Å². The summed E-state index contributed by atoms with van der Waals surface area (Å²) >= 11 is 1.15. The van der Waals surface area contributed by atoms with Crippen molar-refractivity contribution in [3.8, 4) is 5.75 Å². The van der Waals surface area contributed by atoms with E-state index in [0.717, 1.165) is 22.9 Å². The number of ether oxygens (including phenoxy) is 1. The number of benzene rings is 2. The van der Waals surface area contributed by atoms with Gasteiger partial charge in [0, 0.05) is 5.56 Å². The fourth-order valence-electron chi connectivity index (χ4n) is 2.62. The summed E-state index contributed by atoms with van der Waals surface area (Å²) in [5, 5.41) is 21.1. The van der Waals surface area contributed by atoms with Gasteiger partial charge in [-0.25, -0.2) is 9.79 Å². The Morgan fingerprint density at radius 2 is 1.85 bits per heavy atom. The van der Waals surface area contributed by atoms with Crippen molar-refractivity contribution in [2.75, 3.05) is 7.11 Å². The number of hydrogen-bond donors (Lipinski definition) is 2. The molecular formula is C21H19NO4S. The maximum absolute atomic E-state index is 12.2. The van der Waals surface area contributed by atoms with E-state index < -0.39 is 5.97 Å². The van der Waals surface area contributed by atoms with Crippen LogP contribution in [0, 0.1) is 13.8 Å². The zero-order valence-corrected chi connectivity index (χ0v) is 16.0. The Hall–Kier alpha value is -2.99. The van der Waals surface area contributed by atoms with Gasteiger partial charge in [-0.1, -0.05) is 36.0 Å². The maximum atomic E-state index is 12.2. The molecule has 3 rings (SSSR count). The zero-order chi connectivity index (χ0) is 19.6. The number of carbonyl (C=O) groups is 1. The molecule has 6 heteroatoms. The lowest BCUT2D eigenvalue weighted by molar-refractivity contribution is -0.135. The monoisotopic (exact) mass is 381 g/mol. The van der Waals surface area contributed by atoms with Crippen LogP contribution in [0.4, 0.5) is 5.69 Å². The summed E-state index contributed by atoms with van der Waals surface area (Å²) in [5.41, 5.74) is 3.18. The highest BCUT2D eigenvalue weighted by Crippen LogP contribution is 2.41. The van der Waals surface area contributed by atoms with Crippen molar-refractivity contribution >= 4 is 34.5 Å². The molecule has 0 spiro atoms. The number of hydrogen-bond acceptors (Lipinski definition) is 6. The molecular weight excluding hydrogens is 362 g/mol. The zero-order valence-electron chi connectivity index (χ0n) is 15.2. The lowest BCUT2D eigenvalue weighted by atomic mass is 10.1. The van der Waals surface area contributed by atoms with E-state index in [4.69, 9.17) is 4.74 Å². The second-order valence-electron chi connectivity index (χ2n) is 6.14. The Bertz CT molecular complexity index is 1000. The number of aliphatic imine (C=N–C) groups is 1. The molecule has 0 fully saturated rings. The molecule has 0 aromatic heterocycles. The Morgan fingerprint density at radius 1 is 1.11 bits per heavy atom. The third-order valence-electron chi connectivity index (χ3n) is 3.99. The number of phenolic OH excluding ortho intramolecular Hbond substituents is 1. The van der Waals surface area contributed by atoms with Crippen LogP contribution in [0.2, 0.25) is 0 Å². The van der Waals surface area contributed by atoms with Crippen LogP contribution in [-0.2, 0) is 9.53 Å². The summed E-state index contributed by atoms with van der Waals surface area (Å²) in [6.07, 6.45) is 1.62. The molecule has 27 heavy (non-hydrogen) atoms. The van der Waals surface area contributed by atoms with E-state index in [1.165, 1.54) is 7.11 Å². The third kappa shape index (κ3) is 4.06. The van der Waals surface area contributed by atoms with Crippen LogP contribution in [0.5, 0.6) is 5.75 Å². The van der Waals surface area contributed by atoms with Gasteiger partial charge in [-0.3, -0.25) is 0 Å². The Kier molecular flexibility index (Phi) is 5.37. The van der Waals surface area contributed by atoms with E-state index in [1.807, 2.05) is 44.2 Å². The normalized spacial score (nSPS) is 17.0. The summed E-state index contributed by atoms with van der Waals surface area (Å²) in [6.45, 7) is 3.83. The van der Waals surface area contributed by atoms with Crippen LogP contribution in [0.1, 0.15) is 16.7 Å². The average molecular weight is 381 g/mol. The second-order valence-corrected chi connectivity index (χ2v) is 7.17. The molecule has 0 saturated heterocycles. The number of methoxy groups -OCH3 is 1. The highest BCUT2D eigenvalue weighted by molar-refractivity contribution is 8.18. The van der Waals surface area contributed by atoms with E-state index in [2.05, 4.69) is 4.99 Å². The highest BCUT2D eigenvalue weighted by atomic mass is 32.2. The topological polar surface area (TPSA) is 79.1 Å². The smallest absolute Gasteiger partial charge is 0.344 e. The van der Waals surface area contributed by atoms with Crippen LogP contribution in [0.25, 0.3) is 6.08 Å².